The third-order valence-corrected chi connectivity index (χ3v) is 2.51. The van der Waals surface area contributed by atoms with E-state index in [1.54, 1.807) is 12.1 Å². The van der Waals surface area contributed by atoms with Gasteiger partial charge in [-0.15, -0.1) is 0 Å². The Balaban J connectivity index is 2.91. The van der Waals surface area contributed by atoms with Crippen LogP contribution in [0.15, 0.2) is 22.7 Å². The minimum atomic E-state index is -0.509. The maximum Gasteiger partial charge on any atom is 0.256 e. The van der Waals surface area contributed by atoms with E-state index in [2.05, 4.69) is 36.7 Å². The second-order valence-corrected chi connectivity index (χ2v) is 6.02. The molecule has 1 aromatic carbocycles. The highest BCUT2D eigenvalue weighted by molar-refractivity contribution is 9.10. The SMILES string of the molecule is CC(C)(C)COc1ccc(Br)cc1C(=O)Cl. The summed E-state index contributed by atoms with van der Waals surface area (Å²) in [4.78, 5) is 11.2. The Morgan fingerprint density at radius 3 is 2.56 bits per heavy atom. The number of carbonyl (C=O) groups is 1. The lowest BCUT2D eigenvalue weighted by molar-refractivity contribution is 0.107. The van der Waals surface area contributed by atoms with E-state index < -0.39 is 5.24 Å². The first-order valence-electron chi connectivity index (χ1n) is 4.92. The van der Waals surface area contributed by atoms with Gasteiger partial charge in [-0.25, -0.2) is 0 Å². The van der Waals surface area contributed by atoms with Gasteiger partial charge in [0.05, 0.1) is 12.2 Å². The van der Waals surface area contributed by atoms with E-state index in [0.29, 0.717) is 17.9 Å². The van der Waals surface area contributed by atoms with Gasteiger partial charge in [0.25, 0.3) is 5.24 Å². The van der Waals surface area contributed by atoms with E-state index in [1.165, 1.54) is 0 Å². The van der Waals surface area contributed by atoms with E-state index >= 15 is 0 Å². The van der Waals surface area contributed by atoms with Crippen molar-refractivity contribution in [2.24, 2.45) is 5.41 Å². The molecule has 0 spiro atoms. The molecule has 16 heavy (non-hydrogen) atoms. The molecule has 0 aliphatic rings. The van der Waals surface area contributed by atoms with Crippen molar-refractivity contribution in [1.29, 1.82) is 0 Å². The summed E-state index contributed by atoms with van der Waals surface area (Å²) in [5.74, 6) is 0.526. The quantitative estimate of drug-likeness (QED) is 0.780. The molecule has 0 aliphatic carbocycles. The third-order valence-electron chi connectivity index (χ3n) is 1.81. The lowest BCUT2D eigenvalue weighted by Gasteiger charge is -2.19. The first-order valence-corrected chi connectivity index (χ1v) is 6.09. The Kier molecular flexibility index (Phi) is 4.39. The fourth-order valence-corrected chi connectivity index (χ4v) is 1.58. The second kappa shape index (κ2) is 5.19. The summed E-state index contributed by atoms with van der Waals surface area (Å²) in [6.45, 7) is 6.72. The minimum Gasteiger partial charge on any atom is -0.492 e. The highest BCUT2D eigenvalue weighted by Crippen LogP contribution is 2.26. The Labute approximate surface area is 109 Å². The first-order chi connectivity index (χ1) is 7.29. The van der Waals surface area contributed by atoms with Crippen molar-refractivity contribution < 1.29 is 9.53 Å². The molecule has 1 rings (SSSR count). The molecule has 0 bridgehead atoms. The van der Waals surface area contributed by atoms with Crippen LogP contribution in [0.2, 0.25) is 0 Å². The lowest BCUT2D eigenvalue weighted by Crippen LogP contribution is -2.17. The molecule has 2 nitrogen and oxygen atoms in total. The maximum absolute atomic E-state index is 11.2. The molecule has 0 amide bonds. The zero-order valence-electron chi connectivity index (χ0n) is 9.51. The molecule has 0 atom stereocenters. The van der Waals surface area contributed by atoms with Gasteiger partial charge < -0.3 is 4.74 Å². The summed E-state index contributed by atoms with van der Waals surface area (Å²) in [6.07, 6.45) is 0. The van der Waals surface area contributed by atoms with Crippen LogP contribution < -0.4 is 4.74 Å². The third kappa shape index (κ3) is 4.14. The molecular weight excluding hydrogens is 291 g/mol. The molecule has 1 aromatic rings. The van der Waals surface area contributed by atoms with Gasteiger partial charge in [-0.05, 0) is 35.2 Å². The molecule has 0 saturated carbocycles. The van der Waals surface area contributed by atoms with Crippen LogP contribution in [0.5, 0.6) is 5.75 Å². The molecule has 0 aromatic heterocycles. The highest BCUT2D eigenvalue weighted by atomic mass is 79.9. The van der Waals surface area contributed by atoms with Gasteiger partial charge in [0, 0.05) is 4.47 Å². The minimum absolute atomic E-state index is 0.0414. The van der Waals surface area contributed by atoms with Gasteiger partial charge in [-0.1, -0.05) is 36.7 Å². The van der Waals surface area contributed by atoms with Crippen LogP contribution >= 0.6 is 27.5 Å². The number of halogens is 2. The van der Waals surface area contributed by atoms with Crippen molar-refractivity contribution in [3.8, 4) is 5.75 Å². The van der Waals surface area contributed by atoms with Gasteiger partial charge in [0.15, 0.2) is 0 Å². The molecule has 4 heteroatoms. The molecule has 0 unspecified atom stereocenters. The van der Waals surface area contributed by atoms with Crippen LogP contribution in [0.3, 0.4) is 0 Å². The summed E-state index contributed by atoms with van der Waals surface area (Å²) in [6, 6.07) is 5.22. The van der Waals surface area contributed by atoms with Crippen LogP contribution in [0.25, 0.3) is 0 Å². The molecular formula is C12H14BrClO2. The number of ether oxygens (including phenoxy) is 1. The number of carbonyl (C=O) groups excluding carboxylic acids is 1. The van der Waals surface area contributed by atoms with Crippen LogP contribution in [0, 0.1) is 5.41 Å². The largest absolute Gasteiger partial charge is 0.492 e. The molecule has 0 saturated heterocycles. The van der Waals surface area contributed by atoms with E-state index in [0.717, 1.165) is 4.47 Å². The van der Waals surface area contributed by atoms with Gasteiger partial charge >= 0.3 is 0 Å². The molecule has 0 fully saturated rings. The van der Waals surface area contributed by atoms with Gasteiger partial charge in [-0.3, -0.25) is 4.79 Å². The smallest absolute Gasteiger partial charge is 0.256 e. The Morgan fingerprint density at radius 1 is 1.44 bits per heavy atom. The van der Waals surface area contributed by atoms with Crippen LogP contribution in [0.1, 0.15) is 31.1 Å². The summed E-state index contributed by atoms with van der Waals surface area (Å²) in [5, 5.41) is -0.509. The number of hydrogen-bond acceptors (Lipinski definition) is 2. The van der Waals surface area contributed by atoms with Crippen molar-refractivity contribution in [2.45, 2.75) is 20.8 Å². The monoisotopic (exact) mass is 304 g/mol. The lowest BCUT2D eigenvalue weighted by atomic mass is 9.99. The van der Waals surface area contributed by atoms with Crippen molar-refractivity contribution in [2.75, 3.05) is 6.61 Å². The Morgan fingerprint density at radius 2 is 2.06 bits per heavy atom. The Hall–Kier alpha value is -0.540. The average molecular weight is 306 g/mol. The number of benzene rings is 1. The number of hydrogen-bond donors (Lipinski definition) is 0. The van der Waals surface area contributed by atoms with E-state index in [1.807, 2.05) is 6.07 Å². The van der Waals surface area contributed by atoms with Crippen LogP contribution in [-0.2, 0) is 0 Å². The summed E-state index contributed by atoms with van der Waals surface area (Å²) in [5.41, 5.74) is 0.431. The molecule has 0 N–H and O–H groups in total. The predicted molar refractivity (Wildman–Crippen MR) is 69.3 cm³/mol. The molecule has 0 heterocycles. The normalized spacial score (nSPS) is 11.3. The maximum atomic E-state index is 11.2. The summed E-state index contributed by atoms with van der Waals surface area (Å²) in [7, 11) is 0. The average Bonchev–Trinajstić information content (AvgIpc) is 2.14. The van der Waals surface area contributed by atoms with Gasteiger partial charge in [-0.2, -0.15) is 0 Å². The Bertz CT molecular complexity index is 396. The molecule has 0 radical (unpaired) electrons. The molecule has 88 valence electrons. The first kappa shape index (κ1) is 13.5. The van der Waals surface area contributed by atoms with Crippen LogP contribution in [0.4, 0.5) is 0 Å². The zero-order valence-corrected chi connectivity index (χ0v) is 11.9. The fourth-order valence-electron chi connectivity index (χ4n) is 1.08. The standard InChI is InChI=1S/C12H14BrClO2/c1-12(2,3)7-16-10-5-4-8(13)6-9(10)11(14)15/h4-6H,7H2,1-3H3. The van der Waals surface area contributed by atoms with Crippen molar-refractivity contribution >= 4 is 32.8 Å². The topological polar surface area (TPSA) is 26.3 Å². The van der Waals surface area contributed by atoms with Gasteiger partial charge in [0.1, 0.15) is 5.75 Å². The predicted octanol–water partition coefficient (Wildman–Crippen LogP) is 4.25. The number of rotatable bonds is 3. The summed E-state index contributed by atoms with van der Waals surface area (Å²) < 4.78 is 6.40. The van der Waals surface area contributed by atoms with E-state index in [4.69, 9.17) is 16.3 Å². The zero-order chi connectivity index (χ0) is 12.3. The highest BCUT2D eigenvalue weighted by Gasteiger charge is 2.15. The molecule has 0 aliphatic heterocycles. The van der Waals surface area contributed by atoms with Gasteiger partial charge in [0.2, 0.25) is 0 Å². The summed E-state index contributed by atoms with van der Waals surface area (Å²) >= 11 is 8.78. The van der Waals surface area contributed by atoms with E-state index in [9.17, 15) is 4.79 Å². The van der Waals surface area contributed by atoms with Crippen molar-refractivity contribution in [3.63, 3.8) is 0 Å². The second-order valence-electron chi connectivity index (χ2n) is 4.76. The van der Waals surface area contributed by atoms with Crippen LogP contribution in [-0.4, -0.2) is 11.8 Å². The van der Waals surface area contributed by atoms with Crippen molar-refractivity contribution in [1.82, 2.24) is 0 Å². The fraction of sp³-hybridized carbons (Fsp3) is 0.417. The van der Waals surface area contributed by atoms with E-state index in [-0.39, 0.29) is 5.41 Å². The van der Waals surface area contributed by atoms with Crippen molar-refractivity contribution in [3.05, 3.63) is 28.2 Å².